The molecule has 0 unspecified atom stereocenters. The maximum atomic E-state index is 5.93. The molecule has 22 heavy (non-hydrogen) atoms. The average Bonchev–Trinajstić information content (AvgIpc) is 3.10. The zero-order valence-electron chi connectivity index (χ0n) is 11.8. The molecule has 0 spiro atoms. The SMILES string of the molecule is Cc1cc(Cl)ccc1O[C@H](C)c1nc(-c2ccc(Br)o2)no1. The minimum atomic E-state index is -0.389. The van der Waals surface area contributed by atoms with E-state index in [1.807, 2.05) is 26.0 Å². The molecular weight excluding hydrogens is 372 g/mol. The van der Waals surface area contributed by atoms with Crippen molar-refractivity contribution in [1.82, 2.24) is 10.1 Å². The number of hydrogen-bond donors (Lipinski definition) is 0. The lowest BCUT2D eigenvalue weighted by Crippen LogP contribution is -2.04. The van der Waals surface area contributed by atoms with Crippen LogP contribution < -0.4 is 4.74 Å². The number of hydrogen-bond acceptors (Lipinski definition) is 5. The van der Waals surface area contributed by atoms with Crippen LogP contribution in [0.25, 0.3) is 11.6 Å². The fraction of sp³-hybridized carbons (Fsp3) is 0.200. The Morgan fingerprint density at radius 2 is 2.09 bits per heavy atom. The van der Waals surface area contributed by atoms with Crippen molar-refractivity contribution in [3.05, 3.63) is 51.5 Å². The number of aromatic nitrogens is 2. The van der Waals surface area contributed by atoms with E-state index in [1.165, 1.54) is 0 Å². The first-order valence-electron chi connectivity index (χ1n) is 6.55. The minimum absolute atomic E-state index is 0.372. The van der Waals surface area contributed by atoms with Crippen LogP contribution in [0.15, 0.2) is 43.9 Å². The van der Waals surface area contributed by atoms with Crippen molar-refractivity contribution < 1.29 is 13.7 Å². The van der Waals surface area contributed by atoms with Gasteiger partial charge in [-0.2, -0.15) is 4.98 Å². The second kappa shape index (κ2) is 6.14. The first-order valence-corrected chi connectivity index (χ1v) is 7.72. The molecule has 0 N–H and O–H groups in total. The largest absolute Gasteiger partial charge is 0.481 e. The van der Waals surface area contributed by atoms with Crippen LogP contribution in [-0.2, 0) is 0 Å². The maximum Gasteiger partial charge on any atom is 0.267 e. The van der Waals surface area contributed by atoms with Crippen molar-refractivity contribution in [2.24, 2.45) is 0 Å². The van der Waals surface area contributed by atoms with Crippen LogP contribution in [-0.4, -0.2) is 10.1 Å². The van der Waals surface area contributed by atoms with E-state index in [4.69, 9.17) is 25.3 Å². The first kappa shape index (κ1) is 15.1. The second-order valence-corrected chi connectivity index (χ2v) is 5.95. The molecule has 0 fully saturated rings. The van der Waals surface area contributed by atoms with Crippen LogP contribution in [0.1, 0.15) is 24.5 Å². The fourth-order valence-electron chi connectivity index (χ4n) is 1.92. The van der Waals surface area contributed by atoms with Crippen molar-refractivity contribution >= 4 is 27.5 Å². The molecule has 1 atom stereocenters. The molecule has 0 saturated carbocycles. The fourth-order valence-corrected chi connectivity index (χ4v) is 2.45. The summed E-state index contributed by atoms with van der Waals surface area (Å²) in [5.41, 5.74) is 0.939. The molecule has 1 aromatic carbocycles. The van der Waals surface area contributed by atoms with Crippen LogP contribution in [0.2, 0.25) is 5.02 Å². The summed E-state index contributed by atoms with van der Waals surface area (Å²) < 4.78 is 17.1. The van der Waals surface area contributed by atoms with Crippen LogP contribution in [0.3, 0.4) is 0 Å². The van der Waals surface area contributed by atoms with E-state index in [9.17, 15) is 0 Å². The maximum absolute atomic E-state index is 5.93. The first-order chi connectivity index (χ1) is 10.5. The predicted octanol–water partition coefficient (Wildman–Crippen LogP) is 5.19. The molecule has 5 nitrogen and oxygen atoms in total. The van der Waals surface area contributed by atoms with E-state index in [0.29, 0.717) is 27.2 Å². The third kappa shape index (κ3) is 3.18. The van der Waals surface area contributed by atoms with Crippen LogP contribution >= 0.6 is 27.5 Å². The quantitative estimate of drug-likeness (QED) is 0.620. The molecule has 0 saturated heterocycles. The summed E-state index contributed by atoms with van der Waals surface area (Å²) in [5, 5.41) is 4.56. The van der Waals surface area contributed by atoms with Gasteiger partial charge in [-0.15, -0.1) is 0 Å². The van der Waals surface area contributed by atoms with Gasteiger partial charge in [0.2, 0.25) is 5.82 Å². The molecule has 3 rings (SSSR count). The Labute approximate surface area is 140 Å². The summed E-state index contributed by atoms with van der Waals surface area (Å²) in [4.78, 5) is 4.29. The van der Waals surface area contributed by atoms with Crippen molar-refractivity contribution in [3.8, 4) is 17.3 Å². The number of halogens is 2. The monoisotopic (exact) mass is 382 g/mol. The van der Waals surface area contributed by atoms with Crippen LogP contribution in [0.5, 0.6) is 5.75 Å². The number of nitrogens with zero attached hydrogens (tertiary/aromatic N) is 2. The molecular formula is C15H12BrClN2O3. The zero-order chi connectivity index (χ0) is 15.7. The number of ether oxygens (including phenoxy) is 1. The van der Waals surface area contributed by atoms with Crippen molar-refractivity contribution in [1.29, 1.82) is 0 Å². The van der Waals surface area contributed by atoms with Gasteiger partial charge in [0.05, 0.1) is 0 Å². The van der Waals surface area contributed by atoms with Crippen LogP contribution in [0, 0.1) is 6.92 Å². The number of furan rings is 1. The second-order valence-electron chi connectivity index (χ2n) is 4.73. The van der Waals surface area contributed by atoms with E-state index in [2.05, 4.69) is 26.1 Å². The van der Waals surface area contributed by atoms with Gasteiger partial charge in [-0.3, -0.25) is 0 Å². The van der Waals surface area contributed by atoms with Crippen molar-refractivity contribution in [2.45, 2.75) is 20.0 Å². The van der Waals surface area contributed by atoms with Gasteiger partial charge in [-0.25, -0.2) is 0 Å². The van der Waals surface area contributed by atoms with Gasteiger partial charge >= 0.3 is 0 Å². The highest BCUT2D eigenvalue weighted by molar-refractivity contribution is 9.10. The Morgan fingerprint density at radius 1 is 1.27 bits per heavy atom. The van der Waals surface area contributed by atoms with Crippen molar-refractivity contribution in [2.75, 3.05) is 0 Å². The molecule has 0 aliphatic rings. The van der Waals surface area contributed by atoms with E-state index in [0.717, 1.165) is 11.3 Å². The molecule has 0 radical (unpaired) electrons. The lowest BCUT2D eigenvalue weighted by atomic mass is 10.2. The molecule has 7 heteroatoms. The summed E-state index contributed by atoms with van der Waals surface area (Å²) in [7, 11) is 0. The summed E-state index contributed by atoms with van der Waals surface area (Å²) in [5.74, 6) is 2.00. The molecule has 0 bridgehead atoms. The molecule has 3 aromatic rings. The topological polar surface area (TPSA) is 61.3 Å². The molecule has 0 aliphatic carbocycles. The number of aryl methyl sites for hydroxylation is 1. The molecule has 2 heterocycles. The Hall–Kier alpha value is -1.79. The van der Waals surface area contributed by atoms with Gasteiger partial charge in [-0.05, 0) is 65.7 Å². The third-order valence-electron chi connectivity index (χ3n) is 3.02. The number of rotatable bonds is 4. The molecule has 0 aliphatic heterocycles. The van der Waals surface area contributed by atoms with Crippen molar-refractivity contribution in [3.63, 3.8) is 0 Å². The van der Waals surface area contributed by atoms with E-state index >= 15 is 0 Å². The Morgan fingerprint density at radius 3 is 2.77 bits per heavy atom. The van der Waals surface area contributed by atoms with Gasteiger partial charge in [0, 0.05) is 5.02 Å². The van der Waals surface area contributed by atoms with Gasteiger partial charge < -0.3 is 13.7 Å². The number of benzene rings is 1. The van der Waals surface area contributed by atoms with E-state index in [-0.39, 0.29) is 6.10 Å². The zero-order valence-corrected chi connectivity index (χ0v) is 14.2. The van der Waals surface area contributed by atoms with E-state index < -0.39 is 0 Å². The smallest absolute Gasteiger partial charge is 0.267 e. The van der Waals surface area contributed by atoms with Gasteiger partial charge in [-0.1, -0.05) is 16.8 Å². The normalized spacial score (nSPS) is 12.4. The lowest BCUT2D eigenvalue weighted by Gasteiger charge is -2.13. The minimum Gasteiger partial charge on any atom is -0.481 e. The summed E-state index contributed by atoms with van der Waals surface area (Å²) in [6.45, 7) is 3.76. The summed E-state index contributed by atoms with van der Waals surface area (Å²) in [6.07, 6.45) is -0.389. The molecule has 0 amide bonds. The molecule has 114 valence electrons. The Bertz CT molecular complexity index is 800. The molecule has 2 aromatic heterocycles. The summed E-state index contributed by atoms with van der Waals surface area (Å²) >= 11 is 9.17. The average molecular weight is 384 g/mol. The van der Waals surface area contributed by atoms with Gasteiger partial charge in [0.1, 0.15) is 5.75 Å². The lowest BCUT2D eigenvalue weighted by molar-refractivity contribution is 0.175. The van der Waals surface area contributed by atoms with Crippen LogP contribution in [0.4, 0.5) is 0 Å². The third-order valence-corrected chi connectivity index (χ3v) is 3.69. The Balaban J connectivity index is 1.78. The van der Waals surface area contributed by atoms with E-state index in [1.54, 1.807) is 18.2 Å². The highest BCUT2D eigenvalue weighted by Gasteiger charge is 2.19. The highest BCUT2D eigenvalue weighted by Crippen LogP contribution is 2.28. The highest BCUT2D eigenvalue weighted by atomic mass is 79.9. The summed E-state index contributed by atoms with van der Waals surface area (Å²) in [6, 6.07) is 8.95. The van der Waals surface area contributed by atoms with Gasteiger partial charge in [0.25, 0.3) is 5.89 Å². The Kier molecular flexibility index (Phi) is 4.22. The standard InChI is InChI=1S/C15H12BrClN2O3/c1-8-7-10(17)3-4-11(8)20-9(2)15-18-14(19-22-15)12-5-6-13(16)21-12/h3-7,9H,1-2H3/t9-/m1/s1. The predicted molar refractivity (Wildman–Crippen MR) is 84.9 cm³/mol. The van der Waals surface area contributed by atoms with Gasteiger partial charge in [0.15, 0.2) is 16.5 Å².